The van der Waals surface area contributed by atoms with Crippen LogP contribution in [0.4, 0.5) is 4.79 Å². The van der Waals surface area contributed by atoms with E-state index in [-0.39, 0.29) is 12.2 Å². The molecular formula is C23H25N3O4. The number of urea groups is 1. The van der Waals surface area contributed by atoms with E-state index in [4.69, 9.17) is 10.5 Å². The number of hydrogen-bond acceptors (Lipinski definition) is 4. The zero-order chi connectivity index (χ0) is 21.3. The maximum Gasteiger partial charge on any atom is 0.312 e. The minimum Gasteiger partial charge on any atom is -0.449 e. The molecule has 156 valence electrons. The topological polar surface area (TPSA) is 114 Å². The van der Waals surface area contributed by atoms with Gasteiger partial charge in [-0.1, -0.05) is 55.0 Å². The average molecular weight is 407 g/mol. The van der Waals surface area contributed by atoms with Gasteiger partial charge in [0, 0.05) is 41.2 Å². The summed E-state index contributed by atoms with van der Waals surface area (Å²) in [6.45, 7) is 0.468. The van der Waals surface area contributed by atoms with Gasteiger partial charge in [-0.25, -0.2) is 4.79 Å². The normalized spacial score (nSPS) is 11.7. The van der Waals surface area contributed by atoms with Crippen molar-refractivity contribution in [3.8, 4) is 0 Å². The van der Waals surface area contributed by atoms with Crippen molar-refractivity contribution in [3.63, 3.8) is 0 Å². The molecule has 0 unspecified atom stereocenters. The van der Waals surface area contributed by atoms with Crippen molar-refractivity contribution in [2.45, 2.75) is 31.8 Å². The molecule has 4 N–H and O–H groups in total. The Hall–Kier alpha value is -3.61. The largest absolute Gasteiger partial charge is 0.449 e. The number of fused-ring (bicyclic) bond motifs is 1. The summed E-state index contributed by atoms with van der Waals surface area (Å²) in [6.07, 6.45) is 2.90. The van der Waals surface area contributed by atoms with Gasteiger partial charge in [0.15, 0.2) is 6.10 Å². The first-order chi connectivity index (χ1) is 14.6. The third-order valence-electron chi connectivity index (χ3n) is 4.80. The molecule has 7 heteroatoms. The quantitative estimate of drug-likeness (QED) is 0.269. The average Bonchev–Trinajstić information content (AvgIpc) is 3.18. The van der Waals surface area contributed by atoms with Crippen molar-refractivity contribution in [2.24, 2.45) is 5.73 Å². The zero-order valence-electron chi connectivity index (χ0n) is 16.6. The number of ketones is 1. The van der Waals surface area contributed by atoms with Crippen LogP contribution in [0.2, 0.25) is 0 Å². The Bertz CT molecular complexity index is 1010. The van der Waals surface area contributed by atoms with Crippen LogP contribution in [0.1, 0.15) is 47.7 Å². The van der Waals surface area contributed by atoms with Gasteiger partial charge in [-0.3, -0.25) is 9.59 Å². The van der Waals surface area contributed by atoms with Gasteiger partial charge < -0.3 is 20.8 Å². The molecule has 0 bridgehead atoms. The Morgan fingerprint density at radius 3 is 2.47 bits per heavy atom. The molecular weight excluding hydrogens is 382 g/mol. The number of primary amides is 1. The van der Waals surface area contributed by atoms with Crippen LogP contribution in [0.25, 0.3) is 10.9 Å². The number of H-pyrrole nitrogens is 1. The predicted molar refractivity (Wildman–Crippen MR) is 114 cm³/mol. The molecule has 1 heterocycles. The molecule has 0 saturated carbocycles. The molecule has 2 amide bonds. The lowest BCUT2D eigenvalue weighted by molar-refractivity contribution is -0.147. The second-order valence-electron chi connectivity index (χ2n) is 6.99. The summed E-state index contributed by atoms with van der Waals surface area (Å²) in [6, 6.07) is 16.0. The van der Waals surface area contributed by atoms with Crippen molar-refractivity contribution in [1.82, 2.24) is 10.3 Å². The van der Waals surface area contributed by atoms with Gasteiger partial charge in [0.1, 0.15) is 0 Å². The number of ether oxygens (including phenoxy) is 1. The summed E-state index contributed by atoms with van der Waals surface area (Å²) in [5.74, 6) is -0.697. The lowest BCUT2D eigenvalue weighted by Crippen LogP contribution is -2.29. The number of nitrogens with two attached hydrogens (primary N) is 1. The minimum atomic E-state index is -1.01. The zero-order valence-corrected chi connectivity index (χ0v) is 16.6. The van der Waals surface area contributed by atoms with Crippen molar-refractivity contribution < 1.29 is 19.1 Å². The summed E-state index contributed by atoms with van der Waals surface area (Å²) in [7, 11) is 0. The van der Waals surface area contributed by atoms with Gasteiger partial charge in [0.05, 0.1) is 0 Å². The molecule has 3 aromatic rings. The van der Waals surface area contributed by atoms with E-state index in [9.17, 15) is 14.4 Å². The molecule has 0 spiro atoms. The number of nitrogens with one attached hydrogen (secondary N) is 2. The van der Waals surface area contributed by atoms with Crippen molar-refractivity contribution in [1.29, 1.82) is 0 Å². The third kappa shape index (κ3) is 5.47. The molecule has 0 aliphatic carbocycles. The Balaban J connectivity index is 1.67. The fourth-order valence-electron chi connectivity index (χ4n) is 3.29. The number of Topliss-reactive ketones (excluding diaryl/α,β-unsaturated/α-hetero) is 1. The summed E-state index contributed by atoms with van der Waals surface area (Å²) in [5, 5.41) is 3.30. The van der Waals surface area contributed by atoms with E-state index >= 15 is 0 Å². The van der Waals surface area contributed by atoms with Crippen molar-refractivity contribution in [3.05, 3.63) is 71.9 Å². The number of carbonyl (C=O) groups excluding carboxylic acids is 3. The molecule has 0 saturated heterocycles. The minimum absolute atomic E-state index is 0.196. The Morgan fingerprint density at radius 1 is 0.967 bits per heavy atom. The van der Waals surface area contributed by atoms with Gasteiger partial charge in [0.2, 0.25) is 5.78 Å². The molecule has 2 aromatic carbocycles. The molecule has 0 aliphatic heterocycles. The van der Waals surface area contributed by atoms with E-state index < -0.39 is 18.1 Å². The van der Waals surface area contributed by atoms with E-state index in [1.54, 1.807) is 18.3 Å². The standard InChI is InChI=1S/C23H25N3O4/c24-23(29)25-14-8-2-5-13-20(27)30-22(16-9-3-1-4-10-16)21(28)18-15-26-19-12-7-6-11-17(18)19/h1,3-4,6-7,9-12,15,22,26H,2,5,8,13-14H2,(H3,24,25,29)/t22-/m0/s1. The smallest absolute Gasteiger partial charge is 0.312 e. The fourth-order valence-corrected chi connectivity index (χ4v) is 3.29. The highest BCUT2D eigenvalue weighted by Gasteiger charge is 2.27. The highest BCUT2D eigenvalue weighted by Crippen LogP contribution is 2.27. The summed E-state index contributed by atoms with van der Waals surface area (Å²) < 4.78 is 5.62. The molecule has 1 aromatic heterocycles. The first-order valence-corrected chi connectivity index (χ1v) is 9.94. The van der Waals surface area contributed by atoms with Crippen LogP contribution in [-0.4, -0.2) is 29.3 Å². The van der Waals surface area contributed by atoms with E-state index in [1.807, 2.05) is 42.5 Å². The van der Waals surface area contributed by atoms with Gasteiger partial charge in [-0.15, -0.1) is 0 Å². The second-order valence-corrected chi connectivity index (χ2v) is 6.99. The van der Waals surface area contributed by atoms with E-state index in [2.05, 4.69) is 10.3 Å². The number of para-hydroxylation sites is 1. The van der Waals surface area contributed by atoms with Crippen LogP contribution in [0, 0.1) is 0 Å². The monoisotopic (exact) mass is 407 g/mol. The molecule has 1 atom stereocenters. The molecule has 0 fully saturated rings. The Kier molecular flexibility index (Phi) is 7.21. The number of aromatic amines is 1. The van der Waals surface area contributed by atoms with Crippen LogP contribution >= 0.6 is 0 Å². The van der Waals surface area contributed by atoms with Crippen LogP contribution in [0.3, 0.4) is 0 Å². The van der Waals surface area contributed by atoms with Crippen LogP contribution in [-0.2, 0) is 9.53 Å². The van der Waals surface area contributed by atoms with Gasteiger partial charge >= 0.3 is 12.0 Å². The fraction of sp³-hybridized carbons (Fsp3) is 0.261. The number of aromatic nitrogens is 1. The highest BCUT2D eigenvalue weighted by molar-refractivity contribution is 6.10. The van der Waals surface area contributed by atoms with Crippen LogP contribution in [0.5, 0.6) is 0 Å². The Morgan fingerprint density at radius 2 is 1.70 bits per heavy atom. The number of esters is 1. The third-order valence-corrected chi connectivity index (χ3v) is 4.80. The highest BCUT2D eigenvalue weighted by atomic mass is 16.5. The summed E-state index contributed by atoms with van der Waals surface area (Å²) >= 11 is 0. The SMILES string of the molecule is NC(=O)NCCCCCC(=O)O[C@H](C(=O)c1c[nH]c2ccccc12)c1ccccc1. The molecule has 0 radical (unpaired) electrons. The maximum absolute atomic E-state index is 13.3. The van der Waals surface area contributed by atoms with Gasteiger partial charge in [-0.2, -0.15) is 0 Å². The summed E-state index contributed by atoms with van der Waals surface area (Å²) in [4.78, 5) is 39.5. The number of benzene rings is 2. The first-order valence-electron chi connectivity index (χ1n) is 9.94. The van der Waals surface area contributed by atoms with Crippen molar-refractivity contribution in [2.75, 3.05) is 6.54 Å². The van der Waals surface area contributed by atoms with Crippen LogP contribution in [0.15, 0.2) is 60.8 Å². The van der Waals surface area contributed by atoms with E-state index in [1.165, 1.54) is 0 Å². The number of unbranched alkanes of at least 4 members (excludes halogenated alkanes) is 2. The van der Waals surface area contributed by atoms with Gasteiger partial charge in [0.25, 0.3) is 0 Å². The number of rotatable bonds is 10. The lowest BCUT2D eigenvalue weighted by atomic mass is 9.99. The molecule has 30 heavy (non-hydrogen) atoms. The second kappa shape index (κ2) is 10.2. The van der Waals surface area contributed by atoms with Crippen LogP contribution < -0.4 is 11.1 Å². The first kappa shape index (κ1) is 21.1. The number of hydrogen-bond donors (Lipinski definition) is 3. The predicted octanol–water partition coefficient (Wildman–Crippen LogP) is 3.86. The summed E-state index contributed by atoms with van der Waals surface area (Å²) in [5.41, 5.74) is 6.98. The molecule has 0 aliphatic rings. The number of amides is 2. The van der Waals surface area contributed by atoms with E-state index in [0.717, 1.165) is 17.3 Å². The molecule has 7 nitrogen and oxygen atoms in total. The maximum atomic E-state index is 13.3. The number of carbonyl (C=O) groups is 3. The Labute approximate surface area is 174 Å². The van der Waals surface area contributed by atoms with E-state index in [0.29, 0.717) is 30.5 Å². The lowest BCUT2D eigenvalue weighted by Gasteiger charge is -2.17. The van der Waals surface area contributed by atoms with Gasteiger partial charge in [-0.05, 0) is 18.9 Å². The van der Waals surface area contributed by atoms with Crippen molar-refractivity contribution >= 4 is 28.7 Å². The molecule has 3 rings (SSSR count).